The van der Waals surface area contributed by atoms with Gasteiger partial charge in [0.2, 0.25) is 5.91 Å². The SMILES string of the molecule is Cc1cccc(CN2CCN(C(C)C(=O)Nc3ccc([N+](=O)[O-])cc3Cl)CC2)c1. The second-order valence-electron chi connectivity index (χ2n) is 7.39. The number of aryl methyl sites for hydroxylation is 1. The van der Waals surface area contributed by atoms with Gasteiger partial charge in [-0.3, -0.25) is 24.7 Å². The van der Waals surface area contributed by atoms with Crippen LogP contribution in [-0.4, -0.2) is 52.9 Å². The Balaban J connectivity index is 1.53. The molecule has 1 unspecified atom stereocenters. The molecule has 1 aliphatic heterocycles. The van der Waals surface area contributed by atoms with Gasteiger partial charge in [-0.1, -0.05) is 41.4 Å². The third-order valence-corrected chi connectivity index (χ3v) is 5.56. The number of rotatable bonds is 6. The summed E-state index contributed by atoms with van der Waals surface area (Å²) in [5.41, 5.74) is 2.84. The zero-order valence-corrected chi connectivity index (χ0v) is 17.4. The van der Waals surface area contributed by atoms with Gasteiger partial charge in [-0.05, 0) is 25.5 Å². The van der Waals surface area contributed by atoms with Gasteiger partial charge in [0.15, 0.2) is 0 Å². The van der Waals surface area contributed by atoms with E-state index in [2.05, 4.69) is 46.3 Å². The summed E-state index contributed by atoms with van der Waals surface area (Å²) in [6, 6.07) is 12.2. The molecule has 0 aliphatic carbocycles. The number of nitro groups is 1. The molecule has 1 saturated heterocycles. The van der Waals surface area contributed by atoms with Crippen LogP contribution in [0.3, 0.4) is 0 Å². The molecule has 8 heteroatoms. The minimum Gasteiger partial charge on any atom is -0.323 e. The molecule has 2 aromatic carbocycles. The molecule has 7 nitrogen and oxygen atoms in total. The van der Waals surface area contributed by atoms with Gasteiger partial charge in [0, 0.05) is 44.9 Å². The van der Waals surface area contributed by atoms with E-state index in [4.69, 9.17) is 11.6 Å². The molecular weight excluding hydrogens is 392 g/mol. The third kappa shape index (κ3) is 5.53. The number of hydrogen-bond donors (Lipinski definition) is 1. The van der Waals surface area contributed by atoms with Gasteiger partial charge in [-0.25, -0.2) is 0 Å². The normalized spacial score (nSPS) is 16.4. The van der Waals surface area contributed by atoms with Gasteiger partial charge in [-0.2, -0.15) is 0 Å². The summed E-state index contributed by atoms with van der Waals surface area (Å²) in [5.74, 6) is -0.173. The van der Waals surface area contributed by atoms with E-state index in [0.29, 0.717) is 5.69 Å². The molecule has 1 heterocycles. The number of nitro benzene ring substituents is 1. The standard InChI is InChI=1S/C21H25ClN4O3/c1-15-4-3-5-17(12-15)14-24-8-10-25(11-9-24)16(2)21(27)23-20-7-6-18(26(28)29)13-19(20)22/h3-7,12-13,16H,8-11,14H2,1-2H3,(H,23,27). The molecule has 2 aromatic rings. The van der Waals surface area contributed by atoms with E-state index in [9.17, 15) is 14.9 Å². The fraction of sp³-hybridized carbons (Fsp3) is 0.381. The van der Waals surface area contributed by atoms with Gasteiger partial charge in [0.05, 0.1) is 21.7 Å². The van der Waals surface area contributed by atoms with E-state index in [1.54, 1.807) is 0 Å². The van der Waals surface area contributed by atoms with Crippen molar-refractivity contribution >= 4 is 28.9 Å². The molecule has 1 amide bonds. The zero-order valence-electron chi connectivity index (χ0n) is 16.6. The number of piperazine rings is 1. The van der Waals surface area contributed by atoms with E-state index < -0.39 is 4.92 Å². The molecule has 154 valence electrons. The van der Waals surface area contributed by atoms with Crippen molar-refractivity contribution in [1.29, 1.82) is 0 Å². The lowest BCUT2D eigenvalue weighted by atomic mass is 10.1. The Kier molecular flexibility index (Phi) is 6.84. The molecule has 0 saturated carbocycles. The molecule has 29 heavy (non-hydrogen) atoms. The quantitative estimate of drug-likeness (QED) is 0.573. The van der Waals surface area contributed by atoms with Crippen LogP contribution in [0.25, 0.3) is 0 Å². The van der Waals surface area contributed by atoms with E-state index >= 15 is 0 Å². The Morgan fingerprint density at radius 1 is 1.21 bits per heavy atom. The summed E-state index contributed by atoms with van der Waals surface area (Å²) < 4.78 is 0. The molecule has 0 spiro atoms. The number of carbonyl (C=O) groups is 1. The van der Waals surface area contributed by atoms with Gasteiger partial charge < -0.3 is 5.32 Å². The number of non-ortho nitro benzene ring substituents is 1. The Labute approximate surface area is 175 Å². The lowest BCUT2D eigenvalue weighted by Crippen LogP contribution is -2.52. The average Bonchev–Trinajstić information content (AvgIpc) is 2.69. The van der Waals surface area contributed by atoms with Gasteiger partial charge in [0.1, 0.15) is 0 Å². The molecule has 0 radical (unpaired) electrons. The number of carbonyl (C=O) groups excluding carboxylic acids is 1. The monoisotopic (exact) mass is 416 g/mol. The van der Waals surface area contributed by atoms with Crippen LogP contribution < -0.4 is 5.32 Å². The highest BCUT2D eigenvalue weighted by atomic mass is 35.5. The van der Waals surface area contributed by atoms with Crippen molar-refractivity contribution in [3.8, 4) is 0 Å². The Morgan fingerprint density at radius 3 is 2.55 bits per heavy atom. The van der Waals surface area contributed by atoms with Gasteiger partial charge in [-0.15, -0.1) is 0 Å². The van der Waals surface area contributed by atoms with Crippen molar-refractivity contribution in [1.82, 2.24) is 9.80 Å². The topological polar surface area (TPSA) is 78.7 Å². The van der Waals surface area contributed by atoms with E-state index in [1.165, 1.54) is 29.3 Å². The first-order valence-electron chi connectivity index (χ1n) is 9.60. The third-order valence-electron chi connectivity index (χ3n) is 5.24. The minimum absolute atomic E-state index is 0.106. The molecule has 1 aliphatic rings. The second kappa shape index (κ2) is 9.35. The van der Waals surface area contributed by atoms with Gasteiger partial charge >= 0.3 is 0 Å². The summed E-state index contributed by atoms with van der Waals surface area (Å²) in [6.07, 6.45) is 0. The minimum atomic E-state index is -0.518. The fourth-order valence-electron chi connectivity index (χ4n) is 3.50. The number of nitrogens with one attached hydrogen (secondary N) is 1. The lowest BCUT2D eigenvalue weighted by molar-refractivity contribution is -0.384. The predicted molar refractivity (Wildman–Crippen MR) is 114 cm³/mol. The van der Waals surface area contributed by atoms with Crippen molar-refractivity contribution in [3.05, 3.63) is 68.7 Å². The number of halogens is 1. The fourth-order valence-corrected chi connectivity index (χ4v) is 3.72. The van der Waals surface area contributed by atoms with Crippen LogP contribution in [0.1, 0.15) is 18.1 Å². The zero-order chi connectivity index (χ0) is 21.0. The average molecular weight is 417 g/mol. The molecule has 3 rings (SSSR count). The maximum Gasteiger partial charge on any atom is 0.271 e. The van der Waals surface area contributed by atoms with E-state index in [1.807, 2.05) is 6.92 Å². The Bertz CT molecular complexity index is 897. The second-order valence-corrected chi connectivity index (χ2v) is 7.79. The largest absolute Gasteiger partial charge is 0.323 e. The van der Waals surface area contributed by atoms with Crippen LogP contribution >= 0.6 is 11.6 Å². The maximum absolute atomic E-state index is 12.6. The first-order chi connectivity index (χ1) is 13.8. The molecule has 0 aromatic heterocycles. The number of anilines is 1. The highest BCUT2D eigenvalue weighted by Gasteiger charge is 2.26. The van der Waals surface area contributed by atoms with E-state index in [0.717, 1.165) is 32.7 Å². The van der Waals surface area contributed by atoms with Crippen LogP contribution in [0.15, 0.2) is 42.5 Å². The molecule has 0 bridgehead atoms. The number of nitrogens with zero attached hydrogens (tertiary/aromatic N) is 3. The highest BCUT2D eigenvalue weighted by molar-refractivity contribution is 6.34. The smallest absolute Gasteiger partial charge is 0.271 e. The van der Waals surface area contributed by atoms with Crippen LogP contribution in [0.2, 0.25) is 5.02 Å². The molecule has 1 fully saturated rings. The highest BCUT2D eigenvalue weighted by Crippen LogP contribution is 2.27. The van der Waals surface area contributed by atoms with Crippen molar-refractivity contribution in [2.45, 2.75) is 26.4 Å². The van der Waals surface area contributed by atoms with Crippen LogP contribution in [0.4, 0.5) is 11.4 Å². The van der Waals surface area contributed by atoms with Gasteiger partial charge in [0.25, 0.3) is 5.69 Å². The van der Waals surface area contributed by atoms with Crippen molar-refractivity contribution in [2.24, 2.45) is 0 Å². The lowest BCUT2D eigenvalue weighted by Gasteiger charge is -2.37. The van der Waals surface area contributed by atoms with Crippen molar-refractivity contribution in [3.63, 3.8) is 0 Å². The van der Waals surface area contributed by atoms with E-state index in [-0.39, 0.29) is 22.7 Å². The van der Waals surface area contributed by atoms with Crippen LogP contribution in [0, 0.1) is 17.0 Å². The summed E-state index contributed by atoms with van der Waals surface area (Å²) in [5, 5.41) is 13.7. The molecule has 1 N–H and O–H groups in total. The number of benzene rings is 2. The van der Waals surface area contributed by atoms with Crippen molar-refractivity contribution in [2.75, 3.05) is 31.5 Å². The first kappa shape index (κ1) is 21.2. The predicted octanol–water partition coefficient (Wildman–Crippen LogP) is 3.70. The number of amides is 1. The molecule has 1 atom stereocenters. The summed E-state index contributed by atoms with van der Waals surface area (Å²) in [4.78, 5) is 27.5. The van der Waals surface area contributed by atoms with Crippen LogP contribution in [0.5, 0.6) is 0 Å². The summed E-state index contributed by atoms with van der Waals surface area (Å²) in [6.45, 7) is 8.26. The maximum atomic E-state index is 12.6. The van der Waals surface area contributed by atoms with Crippen molar-refractivity contribution < 1.29 is 9.72 Å². The first-order valence-corrected chi connectivity index (χ1v) is 9.98. The summed E-state index contributed by atoms with van der Waals surface area (Å²) >= 11 is 6.08. The van der Waals surface area contributed by atoms with Crippen LogP contribution in [-0.2, 0) is 11.3 Å². The number of hydrogen-bond acceptors (Lipinski definition) is 5. The summed E-state index contributed by atoms with van der Waals surface area (Å²) in [7, 11) is 0. The Morgan fingerprint density at radius 2 is 1.93 bits per heavy atom. The Hall–Kier alpha value is -2.48. The molecular formula is C21H25ClN4O3.